The maximum atomic E-state index is 10.8. The number of halogens is 2. The van der Waals surface area contributed by atoms with Gasteiger partial charge in [-0.25, -0.2) is 0 Å². The molecule has 0 bridgehead atoms. The molecular weight excluding hydrogens is 648 g/mol. The van der Waals surface area contributed by atoms with Crippen LogP contribution in [0.2, 0.25) is 0 Å². The summed E-state index contributed by atoms with van der Waals surface area (Å²) in [4.78, 5) is 17.3. The zero-order valence-corrected chi connectivity index (χ0v) is 21.9. The molecule has 9 heteroatoms. The van der Waals surface area contributed by atoms with Crippen molar-refractivity contribution < 1.29 is 14.4 Å². The summed E-state index contributed by atoms with van der Waals surface area (Å²) < 4.78 is 13.4. The number of hydrogen-bond donors (Lipinski definition) is 0. The van der Waals surface area contributed by atoms with Crippen molar-refractivity contribution in [3.63, 3.8) is 0 Å². The van der Waals surface area contributed by atoms with Crippen molar-refractivity contribution in [3.05, 3.63) is 89.0 Å². The first-order valence-corrected chi connectivity index (χ1v) is 12.5. The lowest BCUT2D eigenvalue weighted by molar-refractivity contribution is -0.384. The van der Waals surface area contributed by atoms with Crippen molar-refractivity contribution in [1.29, 1.82) is 0 Å². The number of morpholine rings is 1. The van der Waals surface area contributed by atoms with Gasteiger partial charge < -0.3 is 14.4 Å². The number of nitrogens with zero attached hydrogens (tertiary/aromatic N) is 3. The molecule has 0 spiro atoms. The van der Waals surface area contributed by atoms with Crippen LogP contribution in [-0.4, -0.2) is 37.4 Å². The quantitative estimate of drug-likeness (QED) is 0.134. The zero-order valence-electron chi connectivity index (χ0n) is 17.6. The second kappa shape index (κ2) is 11.3. The van der Waals surface area contributed by atoms with Gasteiger partial charge in [-0.1, -0.05) is 0 Å². The van der Waals surface area contributed by atoms with Crippen LogP contribution in [0.1, 0.15) is 11.1 Å². The molecule has 33 heavy (non-hydrogen) atoms. The molecule has 0 atom stereocenters. The Hall–Kier alpha value is -2.25. The molecule has 3 aromatic rings. The van der Waals surface area contributed by atoms with Crippen molar-refractivity contribution in [1.82, 2.24) is 0 Å². The van der Waals surface area contributed by atoms with E-state index in [1.807, 2.05) is 30.5 Å². The number of ether oxygens (including phenoxy) is 2. The smallest absolute Gasteiger partial charge is 0.269 e. The highest BCUT2D eigenvalue weighted by molar-refractivity contribution is 14.1. The summed E-state index contributed by atoms with van der Waals surface area (Å²) >= 11 is 4.51. The van der Waals surface area contributed by atoms with Crippen molar-refractivity contribution in [3.8, 4) is 5.75 Å². The highest BCUT2D eigenvalue weighted by Crippen LogP contribution is 2.30. The third kappa shape index (κ3) is 6.42. The van der Waals surface area contributed by atoms with Crippen LogP contribution in [0.25, 0.3) is 0 Å². The van der Waals surface area contributed by atoms with Gasteiger partial charge >= 0.3 is 0 Å². The van der Waals surface area contributed by atoms with Gasteiger partial charge in [0.05, 0.1) is 31.0 Å². The van der Waals surface area contributed by atoms with E-state index in [4.69, 9.17) is 9.47 Å². The minimum absolute atomic E-state index is 0.0716. The number of anilines is 1. The summed E-state index contributed by atoms with van der Waals surface area (Å²) in [6, 6.07) is 18.7. The summed E-state index contributed by atoms with van der Waals surface area (Å²) in [6.45, 7) is 3.71. The third-order valence-electron chi connectivity index (χ3n) is 5.14. The van der Waals surface area contributed by atoms with Gasteiger partial charge in [0.25, 0.3) is 5.69 Å². The Morgan fingerprint density at radius 3 is 2.27 bits per heavy atom. The Labute approximate surface area is 219 Å². The number of rotatable bonds is 7. The predicted octanol–water partition coefficient (Wildman–Crippen LogP) is 5.97. The van der Waals surface area contributed by atoms with Crippen LogP contribution >= 0.6 is 45.2 Å². The number of nitro groups is 1. The van der Waals surface area contributed by atoms with E-state index in [2.05, 4.69) is 67.2 Å². The SMILES string of the molecule is O=[N+]([O-])c1ccc(COc2c(I)cc(C=Nc3ccc(N4CCOCC4)cc3)cc2I)cc1. The Kier molecular flexibility index (Phi) is 8.15. The minimum Gasteiger partial charge on any atom is -0.487 e. The van der Waals surface area contributed by atoms with Crippen molar-refractivity contribution in [2.75, 3.05) is 31.2 Å². The number of nitro benzene ring substituents is 1. The fourth-order valence-electron chi connectivity index (χ4n) is 3.38. The summed E-state index contributed by atoms with van der Waals surface area (Å²) in [5, 5.41) is 10.8. The van der Waals surface area contributed by atoms with Crippen LogP contribution in [0.4, 0.5) is 17.1 Å². The fourth-order valence-corrected chi connectivity index (χ4v) is 5.51. The van der Waals surface area contributed by atoms with Crippen LogP contribution < -0.4 is 9.64 Å². The van der Waals surface area contributed by atoms with Crippen molar-refractivity contribution >= 4 is 68.5 Å². The second-order valence-corrected chi connectivity index (χ2v) is 9.72. The normalized spacial score (nSPS) is 13.9. The minimum atomic E-state index is -0.407. The van der Waals surface area contributed by atoms with Crippen LogP contribution in [0.3, 0.4) is 0 Å². The van der Waals surface area contributed by atoms with Crippen LogP contribution in [0, 0.1) is 17.3 Å². The largest absolute Gasteiger partial charge is 0.487 e. The van der Waals surface area contributed by atoms with E-state index in [1.165, 1.54) is 17.8 Å². The van der Waals surface area contributed by atoms with E-state index in [-0.39, 0.29) is 5.69 Å². The first kappa shape index (κ1) is 23.9. The predicted molar refractivity (Wildman–Crippen MR) is 146 cm³/mol. The van der Waals surface area contributed by atoms with E-state index in [0.717, 1.165) is 56.0 Å². The van der Waals surface area contributed by atoms with Gasteiger partial charge in [-0.3, -0.25) is 15.1 Å². The highest BCUT2D eigenvalue weighted by atomic mass is 127. The molecule has 0 radical (unpaired) electrons. The molecule has 0 N–H and O–H groups in total. The molecular formula is C24H21I2N3O4. The van der Waals surface area contributed by atoms with Crippen LogP contribution in [0.5, 0.6) is 5.75 Å². The maximum absolute atomic E-state index is 10.8. The molecule has 7 nitrogen and oxygen atoms in total. The molecule has 0 unspecified atom stereocenters. The molecule has 3 aromatic carbocycles. The first-order valence-electron chi connectivity index (χ1n) is 10.3. The van der Waals surface area contributed by atoms with Crippen LogP contribution in [-0.2, 0) is 11.3 Å². The molecule has 1 fully saturated rings. The van der Waals surface area contributed by atoms with E-state index in [0.29, 0.717) is 6.61 Å². The molecule has 0 saturated carbocycles. The van der Waals surface area contributed by atoms with Crippen molar-refractivity contribution in [2.45, 2.75) is 6.61 Å². The molecule has 170 valence electrons. The molecule has 0 aliphatic carbocycles. The zero-order chi connectivity index (χ0) is 23.2. The maximum Gasteiger partial charge on any atom is 0.269 e. The highest BCUT2D eigenvalue weighted by Gasteiger charge is 2.12. The Balaban J connectivity index is 1.40. The Morgan fingerprint density at radius 2 is 1.67 bits per heavy atom. The van der Waals surface area contributed by atoms with Gasteiger partial charge in [-0.05, 0) is 105 Å². The number of non-ortho nitro benzene ring substituents is 1. The Morgan fingerprint density at radius 1 is 1.03 bits per heavy atom. The van der Waals surface area contributed by atoms with Crippen LogP contribution in [0.15, 0.2) is 65.7 Å². The summed E-state index contributed by atoms with van der Waals surface area (Å²) in [6.07, 6.45) is 1.86. The molecule has 1 saturated heterocycles. The number of aliphatic imine (C=N–C) groups is 1. The standard InChI is InChI=1S/C24H21I2N3O4/c25-22-13-18(15-27-19-3-7-20(8-4-19)28-9-11-32-12-10-28)14-23(26)24(22)33-16-17-1-5-21(6-2-17)29(30)31/h1-8,13-15H,9-12,16H2. The number of hydrogen-bond acceptors (Lipinski definition) is 6. The van der Waals surface area contributed by atoms with E-state index in [9.17, 15) is 10.1 Å². The summed E-state index contributed by atoms with van der Waals surface area (Å²) in [7, 11) is 0. The molecule has 1 aliphatic rings. The molecule has 0 aromatic heterocycles. The lowest BCUT2D eigenvalue weighted by Crippen LogP contribution is -2.36. The van der Waals surface area contributed by atoms with Crippen molar-refractivity contribution in [2.24, 2.45) is 4.99 Å². The lowest BCUT2D eigenvalue weighted by atomic mass is 10.2. The van der Waals surface area contributed by atoms with Gasteiger partial charge in [0.1, 0.15) is 12.4 Å². The third-order valence-corrected chi connectivity index (χ3v) is 6.74. The molecule has 4 rings (SSSR count). The monoisotopic (exact) mass is 669 g/mol. The van der Waals surface area contributed by atoms with E-state index < -0.39 is 4.92 Å². The molecule has 1 heterocycles. The fraction of sp³-hybridized carbons (Fsp3) is 0.208. The topological polar surface area (TPSA) is 77.2 Å². The van der Waals surface area contributed by atoms with Gasteiger partial charge in [0.2, 0.25) is 0 Å². The summed E-state index contributed by atoms with van der Waals surface area (Å²) in [5.74, 6) is 0.793. The van der Waals surface area contributed by atoms with Gasteiger partial charge in [-0.15, -0.1) is 0 Å². The molecule has 0 amide bonds. The van der Waals surface area contributed by atoms with E-state index in [1.54, 1.807) is 12.1 Å². The second-order valence-electron chi connectivity index (χ2n) is 7.40. The number of benzene rings is 3. The lowest BCUT2D eigenvalue weighted by Gasteiger charge is -2.28. The van der Waals surface area contributed by atoms with Gasteiger partial charge in [0, 0.05) is 37.1 Å². The van der Waals surface area contributed by atoms with Gasteiger partial charge in [0.15, 0.2) is 0 Å². The Bertz CT molecular complexity index is 1120. The summed E-state index contributed by atoms with van der Waals surface area (Å²) in [5.41, 5.74) is 4.02. The van der Waals surface area contributed by atoms with E-state index >= 15 is 0 Å². The van der Waals surface area contributed by atoms with Gasteiger partial charge in [-0.2, -0.15) is 0 Å². The average molecular weight is 669 g/mol. The molecule has 1 aliphatic heterocycles. The first-order chi connectivity index (χ1) is 16.0. The average Bonchev–Trinajstić information content (AvgIpc) is 2.83.